The van der Waals surface area contributed by atoms with Crippen LogP contribution in [0.2, 0.25) is 0 Å². The molecule has 78 valence electrons. The molecule has 4 bridgehead atoms. The van der Waals surface area contributed by atoms with Gasteiger partial charge < -0.3 is 5.73 Å². The Bertz CT molecular complexity index is 270. The fraction of sp³-hybridized carbons (Fsp3) is 0.833. The van der Waals surface area contributed by atoms with Crippen LogP contribution in [0.15, 0.2) is 12.7 Å². The Hall–Kier alpha value is -0.370. The lowest BCUT2D eigenvalue weighted by atomic mass is 9.48. The molecule has 2 heteroatoms. The second-order valence-corrected chi connectivity index (χ2v) is 5.70. The third-order valence-corrected chi connectivity index (χ3v) is 4.88. The van der Waals surface area contributed by atoms with Crippen molar-refractivity contribution in [3.05, 3.63) is 12.7 Å². The lowest BCUT2D eigenvalue weighted by Crippen LogP contribution is -2.65. The minimum absolute atomic E-state index is 0.257. The normalized spacial score (nSPS) is 60.3. The zero-order valence-corrected chi connectivity index (χ0v) is 8.51. The van der Waals surface area contributed by atoms with Crippen molar-refractivity contribution in [3.8, 4) is 0 Å². The highest BCUT2D eigenvalue weighted by atomic mass is 19.1. The zero-order valence-electron chi connectivity index (χ0n) is 8.51. The number of hydrogen-bond acceptors (Lipinski definition) is 1. The van der Waals surface area contributed by atoms with Gasteiger partial charge in [0.15, 0.2) is 0 Å². The van der Waals surface area contributed by atoms with Crippen molar-refractivity contribution in [2.24, 2.45) is 23.5 Å². The second-order valence-electron chi connectivity index (χ2n) is 5.70. The van der Waals surface area contributed by atoms with Gasteiger partial charge in [-0.05, 0) is 49.9 Å². The van der Waals surface area contributed by atoms with Gasteiger partial charge in [0, 0.05) is 5.54 Å². The Kier molecular flexibility index (Phi) is 1.53. The summed E-state index contributed by atoms with van der Waals surface area (Å²) in [5.41, 5.74) is 5.23. The molecular weight excluding hydrogens is 177 g/mol. The van der Waals surface area contributed by atoms with Crippen molar-refractivity contribution in [2.45, 2.75) is 43.3 Å². The lowest BCUT2D eigenvalue weighted by molar-refractivity contribution is -0.106. The molecular formula is C12H18FN. The topological polar surface area (TPSA) is 26.0 Å². The Morgan fingerprint density at radius 1 is 1.21 bits per heavy atom. The number of rotatable bonds is 1. The monoisotopic (exact) mass is 195 g/mol. The highest BCUT2D eigenvalue weighted by Gasteiger charge is 2.60. The van der Waals surface area contributed by atoms with Crippen molar-refractivity contribution in [3.63, 3.8) is 0 Å². The molecule has 1 nitrogen and oxygen atoms in total. The zero-order chi connectivity index (χ0) is 9.97. The molecule has 4 saturated carbocycles. The van der Waals surface area contributed by atoms with Gasteiger partial charge in [0.2, 0.25) is 0 Å². The standard InChI is InChI=1S/C12H18FN/c1-2-12(14)9-3-8-4-10(12)7-11(13,5-8)6-9/h2,8-10H,1,3-7,14H2/t8?,9-,10?,11?,12?/m0/s1. The maximum atomic E-state index is 14.3. The quantitative estimate of drug-likeness (QED) is 0.639. The molecule has 0 aromatic heterocycles. The van der Waals surface area contributed by atoms with E-state index in [0.717, 1.165) is 19.3 Å². The number of hydrogen-bond donors (Lipinski definition) is 1. The number of nitrogens with two attached hydrogens (primary N) is 1. The van der Waals surface area contributed by atoms with E-state index < -0.39 is 5.67 Å². The molecule has 0 heterocycles. The smallest absolute Gasteiger partial charge is 0.112 e. The Labute approximate surface area is 84.6 Å². The van der Waals surface area contributed by atoms with Gasteiger partial charge in [0.1, 0.15) is 5.67 Å². The van der Waals surface area contributed by atoms with Crippen LogP contribution in [0.1, 0.15) is 32.1 Å². The van der Waals surface area contributed by atoms with Crippen LogP contribution in [0, 0.1) is 17.8 Å². The highest BCUT2D eigenvalue weighted by Crippen LogP contribution is 2.60. The van der Waals surface area contributed by atoms with Crippen molar-refractivity contribution in [1.82, 2.24) is 0 Å². The van der Waals surface area contributed by atoms with Gasteiger partial charge in [0.25, 0.3) is 0 Å². The van der Waals surface area contributed by atoms with Gasteiger partial charge in [-0.2, -0.15) is 0 Å². The summed E-state index contributed by atoms with van der Waals surface area (Å²) in [4.78, 5) is 0. The SMILES string of the molecule is C=CC1(N)C2CC3C[C@H]1CC(F)(C3)C2. The first kappa shape index (κ1) is 8.90. The summed E-state index contributed by atoms with van der Waals surface area (Å²) in [5.74, 6) is 1.32. The average Bonchev–Trinajstić information content (AvgIpc) is 2.11. The van der Waals surface area contributed by atoms with Crippen LogP contribution in [0.4, 0.5) is 4.39 Å². The lowest BCUT2D eigenvalue weighted by Gasteiger charge is -2.60. The molecule has 0 spiro atoms. The van der Waals surface area contributed by atoms with E-state index in [2.05, 4.69) is 6.58 Å². The van der Waals surface area contributed by atoms with Crippen LogP contribution < -0.4 is 5.73 Å². The Morgan fingerprint density at radius 3 is 2.21 bits per heavy atom. The van der Waals surface area contributed by atoms with E-state index in [9.17, 15) is 4.39 Å². The first-order valence-electron chi connectivity index (χ1n) is 5.67. The van der Waals surface area contributed by atoms with Crippen molar-refractivity contribution in [1.29, 1.82) is 0 Å². The molecule has 0 amide bonds. The maximum Gasteiger partial charge on any atom is 0.112 e. The predicted molar refractivity (Wildman–Crippen MR) is 54.5 cm³/mol. The van der Waals surface area contributed by atoms with Crippen LogP contribution in [-0.2, 0) is 0 Å². The molecule has 14 heavy (non-hydrogen) atoms. The van der Waals surface area contributed by atoms with Crippen molar-refractivity contribution >= 4 is 0 Å². The van der Waals surface area contributed by atoms with Gasteiger partial charge in [-0.1, -0.05) is 6.08 Å². The van der Waals surface area contributed by atoms with Gasteiger partial charge in [-0.3, -0.25) is 0 Å². The van der Waals surface area contributed by atoms with E-state index >= 15 is 0 Å². The molecule has 4 unspecified atom stereocenters. The van der Waals surface area contributed by atoms with E-state index in [4.69, 9.17) is 5.73 Å². The molecule has 0 aliphatic heterocycles. The highest BCUT2D eigenvalue weighted by molar-refractivity contribution is 5.20. The minimum atomic E-state index is -0.873. The van der Waals surface area contributed by atoms with Crippen molar-refractivity contribution in [2.75, 3.05) is 0 Å². The minimum Gasteiger partial charge on any atom is -0.321 e. The summed E-state index contributed by atoms with van der Waals surface area (Å²) in [5, 5.41) is 0. The summed E-state index contributed by atoms with van der Waals surface area (Å²) in [6.45, 7) is 3.85. The van der Waals surface area contributed by atoms with Crippen LogP contribution in [-0.4, -0.2) is 11.2 Å². The van der Waals surface area contributed by atoms with E-state index in [1.54, 1.807) is 0 Å². The largest absolute Gasteiger partial charge is 0.321 e. The van der Waals surface area contributed by atoms with Crippen LogP contribution in [0.5, 0.6) is 0 Å². The molecule has 0 saturated heterocycles. The van der Waals surface area contributed by atoms with Gasteiger partial charge >= 0.3 is 0 Å². The molecule has 4 aliphatic rings. The third kappa shape index (κ3) is 0.928. The molecule has 4 rings (SSSR count). The molecule has 4 aliphatic carbocycles. The molecule has 2 N–H and O–H groups in total. The summed E-state index contributed by atoms with van der Waals surface area (Å²) >= 11 is 0. The van der Waals surface area contributed by atoms with Crippen molar-refractivity contribution < 1.29 is 4.39 Å². The average molecular weight is 195 g/mol. The van der Waals surface area contributed by atoms with Gasteiger partial charge in [-0.25, -0.2) is 4.39 Å². The predicted octanol–water partition coefficient (Wildman–Crippen LogP) is 2.42. The van der Waals surface area contributed by atoms with E-state index in [1.807, 2.05) is 6.08 Å². The number of alkyl halides is 1. The third-order valence-electron chi connectivity index (χ3n) is 4.88. The van der Waals surface area contributed by atoms with Crippen LogP contribution in [0.25, 0.3) is 0 Å². The molecule has 0 aromatic rings. The molecule has 5 atom stereocenters. The summed E-state index contributed by atoms with van der Waals surface area (Å²) in [7, 11) is 0. The fourth-order valence-corrected chi connectivity index (χ4v) is 4.31. The Morgan fingerprint density at radius 2 is 1.79 bits per heavy atom. The van der Waals surface area contributed by atoms with E-state index in [-0.39, 0.29) is 5.54 Å². The summed E-state index contributed by atoms with van der Waals surface area (Å²) < 4.78 is 14.3. The van der Waals surface area contributed by atoms with Crippen LogP contribution >= 0.6 is 0 Å². The molecule has 0 radical (unpaired) electrons. The number of halogens is 1. The molecule has 4 fully saturated rings. The first-order valence-corrected chi connectivity index (χ1v) is 5.67. The van der Waals surface area contributed by atoms with Gasteiger partial charge in [0.05, 0.1) is 0 Å². The fourth-order valence-electron chi connectivity index (χ4n) is 4.31. The first-order chi connectivity index (χ1) is 6.56. The second kappa shape index (κ2) is 2.41. The maximum absolute atomic E-state index is 14.3. The molecule has 0 aromatic carbocycles. The summed E-state index contributed by atoms with van der Waals surface area (Å²) in [6, 6.07) is 0. The van der Waals surface area contributed by atoms with Crippen LogP contribution in [0.3, 0.4) is 0 Å². The summed E-state index contributed by atoms with van der Waals surface area (Å²) in [6.07, 6.45) is 6.32. The Balaban J connectivity index is 2.00. The van der Waals surface area contributed by atoms with E-state index in [0.29, 0.717) is 30.6 Å². The van der Waals surface area contributed by atoms with E-state index in [1.165, 1.54) is 0 Å². The van der Waals surface area contributed by atoms with Gasteiger partial charge in [-0.15, -0.1) is 6.58 Å².